The highest BCUT2D eigenvalue weighted by atomic mass is 19.1. The Morgan fingerprint density at radius 1 is 1.14 bits per heavy atom. The molecular formula is C23H22FN3O2. The van der Waals surface area contributed by atoms with Crippen LogP contribution in [0.15, 0.2) is 67.0 Å². The van der Waals surface area contributed by atoms with Crippen LogP contribution in [-0.4, -0.2) is 41.9 Å². The first-order valence-electron chi connectivity index (χ1n) is 9.60. The van der Waals surface area contributed by atoms with Crippen LogP contribution in [0.3, 0.4) is 0 Å². The predicted molar refractivity (Wildman–Crippen MR) is 111 cm³/mol. The molecule has 1 saturated heterocycles. The zero-order valence-corrected chi connectivity index (χ0v) is 16.0. The smallest absolute Gasteiger partial charge is 0.185 e. The zero-order valence-electron chi connectivity index (χ0n) is 16.0. The summed E-state index contributed by atoms with van der Waals surface area (Å²) in [6, 6.07) is 14.7. The molecule has 0 aliphatic carbocycles. The molecule has 0 bridgehead atoms. The molecule has 0 N–H and O–H groups in total. The fourth-order valence-corrected chi connectivity index (χ4v) is 3.31. The Hall–Kier alpha value is -3.25. The minimum atomic E-state index is -0.387. The van der Waals surface area contributed by atoms with E-state index in [0.29, 0.717) is 44.1 Å². The summed E-state index contributed by atoms with van der Waals surface area (Å²) in [6.45, 7) is 3.13. The molecule has 0 atom stereocenters. The van der Waals surface area contributed by atoms with E-state index in [2.05, 4.69) is 5.10 Å². The molecule has 6 heteroatoms. The van der Waals surface area contributed by atoms with Crippen LogP contribution in [0.25, 0.3) is 6.08 Å². The molecule has 4 rings (SSSR count). The lowest BCUT2D eigenvalue weighted by molar-refractivity contribution is 0.104. The van der Waals surface area contributed by atoms with E-state index in [4.69, 9.17) is 4.74 Å². The molecule has 2 heterocycles. The Morgan fingerprint density at radius 2 is 1.93 bits per heavy atom. The highest BCUT2D eigenvalue weighted by molar-refractivity contribution is 6.07. The van der Waals surface area contributed by atoms with E-state index in [1.54, 1.807) is 24.4 Å². The number of aromatic nitrogens is 2. The van der Waals surface area contributed by atoms with Gasteiger partial charge >= 0.3 is 0 Å². The third-order valence-corrected chi connectivity index (χ3v) is 4.85. The van der Waals surface area contributed by atoms with Crippen molar-refractivity contribution in [1.29, 1.82) is 0 Å². The molecule has 0 amide bonds. The number of rotatable bonds is 6. The van der Waals surface area contributed by atoms with Crippen molar-refractivity contribution in [3.05, 3.63) is 89.5 Å². The highest BCUT2D eigenvalue weighted by Crippen LogP contribution is 2.22. The number of anilines is 1. The monoisotopic (exact) mass is 391 g/mol. The van der Waals surface area contributed by atoms with Crippen LogP contribution in [0.4, 0.5) is 10.1 Å². The topological polar surface area (TPSA) is 47.4 Å². The van der Waals surface area contributed by atoms with Gasteiger partial charge in [-0.15, -0.1) is 0 Å². The van der Waals surface area contributed by atoms with E-state index in [9.17, 15) is 9.18 Å². The van der Waals surface area contributed by atoms with Crippen molar-refractivity contribution in [3.8, 4) is 0 Å². The van der Waals surface area contributed by atoms with Gasteiger partial charge in [0.05, 0.1) is 31.6 Å². The van der Waals surface area contributed by atoms with Gasteiger partial charge in [0.2, 0.25) is 0 Å². The van der Waals surface area contributed by atoms with Gasteiger partial charge in [-0.05, 0) is 35.9 Å². The molecule has 0 radical (unpaired) electrons. The molecule has 1 aliphatic rings. The van der Waals surface area contributed by atoms with Gasteiger partial charge in [0, 0.05) is 30.4 Å². The Balaban J connectivity index is 1.41. The van der Waals surface area contributed by atoms with Gasteiger partial charge in [0.15, 0.2) is 5.78 Å². The summed E-state index contributed by atoms with van der Waals surface area (Å²) in [4.78, 5) is 14.4. The number of allylic oxidation sites excluding steroid dienone is 1. The molecule has 5 nitrogen and oxygen atoms in total. The second-order valence-electron chi connectivity index (χ2n) is 6.92. The van der Waals surface area contributed by atoms with Crippen LogP contribution in [0.2, 0.25) is 0 Å². The van der Waals surface area contributed by atoms with Crippen molar-refractivity contribution >= 4 is 17.5 Å². The molecule has 2 aromatic carbocycles. The maximum Gasteiger partial charge on any atom is 0.185 e. The second-order valence-corrected chi connectivity index (χ2v) is 6.92. The fourth-order valence-electron chi connectivity index (χ4n) is 3.31. The van der Waals surface area contributed by atoms with Crippen molar-refractivity contribution in [2.75, 3.05) is 31.2 Å². The van der Waals surface area contributed by atoms with Crippen molar-refractivity contribution < 1.29 is 13.9 Å². The number of hydrogen-bond acceptors (Lipinski definition) is 4. The minimum absolute atomic E-state index is 0.242. The summed E-state index contributed by atoms with van der Waals surface area (Å²) in [5.74, 6) is -0.630. The van der Waals surface area contributed by atoms with E-state index in [0.717, 1.165) is 11.1 Å². The largest absolute Gasteiger partial charge is 0.378 e. The van der Waals surface area contributed by atoms with Crippen LogP contribution in [0.5, 0.6) is 0 Å². The Labute approximate surface area is 169 Å². The van der Waals surface area contributed by atoms with E-state index in [-0.39, 0.29) is 11.6 Å². The molecule has 148 valence electrons. The number of nitrogens with zero attached hydrogens (tertiary/aromatic N) is 3. The molecule has 1 fully saturated rings. The average molecular weight is 391 g/mol. The van der Waals surface area contributed by atoms with Crippen molar-refractivity contribution in [2.45, 2.75) is 6.54 Å². The van der Waals surface area contributed by atoms with Crippen molar-refractivity contribution in [2.24, 2.45) is 0 Å². The minimum Gasteiger partial charge on any atom is -0.378 e. The summed E-state index contributed by atoms with van der Waals surface area (Å²) in [7, 11) is 0. The number of hydrogen-bond donors (Lipinski definition) is 0. The lowest BCUT2D eigenvalue weighted by Crippen LogP contribution is -2.36. The Kier molecular flexibility index (Phi) is 5.81. The molecule has 0 saturated carbocycles. The molecule has 3 aromatic rings. The molecule has 0 unspecified atom stereocenters. The first kappa shape index (κ1) is 19.1. The van der Waals surface area contributed by atoms with Crippen LogP contribution < -0.4 is 4.90 Å². The summed E-state index contributed by atoms with van der Waals surface area (Å²) < 4.78 is 21.6. The number of benzene rings is 2. The zero-order chi connectivity index (χ0) is 20.1. The molecule has 1 aromatic heterocycles. The average Bonchev–Trinajstić information content (AvgIpc) is 3.20. The Morgan fingerprint density at radius 3 is 2.69 bits per heavy atom. The van der Waals surface area contributed by atoms with Gasteiger partial charge in [-0.3, -0.25) is 9.48 Å². The van der Waals surface area contributed by atoms with E-state index in [1.165, 1.54) is 12.1 Å². The molecule has 0 spiro atoms. The number of morpholine rings is 1. The number of halogens is 1. The van der Waals surface area contributed by atoms with Gasteiger partial charge in [-0.1, -0.05) is 30.3 Å². The third kappa shape index (κ3) is 4.78. The fraction of sp³-hybridized carbons (Fsp3) is 0.217. The standard InChI is InChI=1S/C23H22FN3O2/c24-21-14-20(7-8-22(21)26-10-12-29-13-11-26)23(28)9-6-19-15-25-27(17-19)16-18-4-2-1-3-5-18/h1-9,14-15,17H,10-13,16H2/b9-6+. The SMILES string of the molecule is O=C(/C=C/c1cnn(Cc2ccccc2)c1)c1ccc(N2CCOCC2)c(F)c1. The third-order valence-electron chi connectivity index (χ3n) is 4.85. The van der Waals surface area contributed by atoms with Gasteiger partial charge in [-0.25, -0.2) is 4.39 Å². The number of ether oxygens (including phenoxy) is 1. The number of carbonyl (C=O) groups is 1. The lowest BCUT2D eigenvalue weighted by atomic mass is 10.1. The van der Waals surface area contributed by atoms with E-state index < -0.39 is 0 Å². The highest BCUT2D eigenvalue weighted by Gasteiger charge is 2.16. The maximum absolute atomic E-state index is 14.5. The summed E-state index contributed by atoms with van der Waals surface area (Å²) in [6.07, 6.45) is 6.73. The van der Waals surface area contributed by atoms with Gasteiger partial charge in [0.25, 0.3) is 0 Å². The molecular weight excluding hydrogens is 369 g/mol. The van der Waals surface area contributed by atoms with Crippen LogP contribution >= 0.6 is 0 Å². The molecule has 29 heavy (non-hydrogen) atoms. The van der Waals surface area contributed by atoms with Crippen molar-refractivity contribution in [1.82, 2.24) is 9.78 Å². The molecule has 1 aliphatic heterocycles. The van der Waals surface area contributed by atoms with Gasteiger partial charge in [0.1, 0.15) is 5.82 Å². The van der Waals surface area contributed by atoms with Crippen LogP contribution in [0, 0.1) is 5.82 Å². The summed E-state index contributed by atoms with van der Waals surface area (Å²) >= 11 is 0. The number of ketones is 1. The van der Waals surface area contributed by atoms with Crippen LogP contribution in [-0.2, 0) is 11.3 Å². The lowest BCUT2D eigenvalue weighted by Gasteiger charge is -2.29. The predicted octanol–water partition coefficient (Wildman–Crippen LogP) is 3.80. The normalized spacial score (nSPS) is 14.4. The van der Waals surface area contributed by atoms with Crippen LogP contribution in [0.1, 0.15) is 21.5 Å². The van der Waals surface area contributed by atoms with Crippen molar-refractivity contribution in [3.63, 3.8) is 0 Å². The summed E-state index contributed by atoms with van der Waals surface area (Å²) in [5, 5.41) is 4.32. The van der Waals surface area contributed by atoms with Gasteiger partial charge < -0.3 is 9.64 Å². The maximum atomic E-state index is 14.5. The Bertz CT molecular complexity index is 1010. The first-order valence-corrected chi connectivity index (χ1v) is 9.60. The van der Waals surface area contributed by atoms with E-state index >= 15 is 0 Å². The second kappa shape index (κ2) is 8.84. The number of carbonyl (C=O) groups excluding carboxylic acids is 1. The van der Waals surface area contributed by atoms with E-state index in [1.807, 2.05) is 46.1 Å². The first-order chi connectivity index (χ1) is 14.2. The summed E-state index contributed by atoms with van der Waals surface area (Å²) in [5.41, 5.74) is 2.81. The quantitative estimate of drug-likeness (QED) is 0.474. The van der Waals surface area contributed by atoms with Gasteiger partial charge in [-0.2, -0.15) is 5.10 Å².